The van der Waals surface area contributed by atoms with E-state index < -0.39 is 26.5 Å². The second-order valence-electron chi connectivity index (χ2n) is 25.2. The summed E-state index contributed by atoms with van der Waals surface area (Å²) in [7, 11) is 1.16. The zero-order valence-corrected chi connectivity index (χ0v) is 59.4. The van der Waals surface area contributed by atoms with Gasteiger partial charge in [-0.25, -0.2) is 0 Å². The number of ether oxygens (including phenoxy) is 2. The highest BCUT2D eigenvalue weighted by atomic mass is 31.2. The van der Waals surface area contributed by atoms with Crippen molar-refractivity contribution in [3.63, 3.8) is 0 Å². The number of allylic oxidation sites excluding steroid dienone is 24. The molecule has 0 radical (unpaired) electrons. The lowest BCUT2D eigenvalue weighted by molar-refractivity contribution is -0.870. The SMILES string of the molecule is CC/C=C\C/C=C\C/C=C\C/C=C\C/C=C\C/C=C\C/C=C\C/C=C\CCCCCCCCCCCCCCC(=O)OC(COC(=O)CCCCCCCCCCCCCCCCCC/C=C\C/C=C\C/C=C\C/C=C\CC)COP(=O)([O-])OCC[N+](C)(C)C. The highest BCUT2D eigenvalue weighted by molar-refractivity contribution is 7.45. The molecule has 0 saturated carbocycles. The summed E-state index contributed by atoms with van der Waals surface area (Å²) in [6.45, 7) is 4.03. The molecule has 2 atom stereocenters. The Hall–Kier alpha value is -4.11. The standard InChI is InChI=1S/C80H136NO8P/c1-6-8-10-12-14-16-18-20-22-24-26-28-30-32-34-36-37-38-39-40-41-42-43-45-47-49-51-53-55-57-59-61-63-65-67-69-71-73-80(83)89-78(77-88-90(84,85)87-75-74-81(3,4)5)76-86-79(82)72-70-68-66-64-62-60-58-56-54-52-50-48-46-44-35-33-31-29-27-25-23-21-19-17-15-13-11-9-7-2/h8-11,14-17,20-23,26-29,32,34,37-38,40-41,43,45,78H,6-7,12-13,18-19,24-25,30-31,33,35-36,39,42,44,46-77H2,1-5H3/b10-8-,11-9-,16-14-,17-15-,22-20-,23-21-,28-26-,29-27-,34-32-,38-37-,41-40-,45-43-. The largest absolute Gasteiger partial charge is 0.756 e. The lowest BCUT2D eigenvalue weighted by Crippen LogP contribution is -2.37. The molecule has 0 fully saturated rings. The molecule has 0 rings (SSSR count). The van der Waals surface area contributed by atoms with Crippen LogP contribution in [-0.2, 0) is 32.7 Å². The van der Waals surface area contributed by atoms with Crippen molar-refractivity contribution in [2.45, 2.75) is 302 Å². The lowest BCUT2D eigenvalue weighted by Gasteiger charge is -2.28. The second kappa shape index (κ2) is 69.2. The normalized spacial score (nSPS) is 14.0. The Balaban J connectivity index is 4.06. The van der Waals surface area contributed by atoms with E-state index in [1.807, 2.05) is 21.1 Å². The van der Waals surface area contributed by atoms with Crippen LogP contribution in [0.25, 0.3) is 0 Å². The molecule has 0 aliphatic heterocycles. The number of rotatable bonds is 66. The molecule has 90 heavy (non-hydrogen) atoms. The van der Waals surface area contributed by atoms with E-state index in [1.54, 1.807) is 0 Å². The highest BCUT2D eigenvalue weighted by Gasteiger charge is 2.22. The number of phosphoric acid groups is 1. The number of quaternary nitrogens is 1. The van der Waals surface area contributed by atoms with Gasteiger partial charge in [-0.05, 0) is 116 Å². The smallest absolute Gasteiger partial charge is 0.306 e. The number of carbonyl (C=O) groups excluding carboxylic acids is 2. The van der Waals surface area contributed by atoms with E-state index in [-0.39, 0.29) is 32.0 Å². The minimum Gasteiger partial charge on any atom is -0.756 e. The van der Waals surface area contributed by atoms with Gasteiger partial charge < -0.3 is 27.9 Å². The summed E-state index contributed by atoms with van der Waals surface area (Å²) >= 11 is 0. The molecule has 0 aliphatic carbocycles. The van der Waals surface area contributed by atoms with E-state index in [0.29, 0.717) is 17.4 Å². The topological polar surface area (TPSA) is 111 Å². The van der Waals surface area contributed by atoms with Crippen LogP contribution in [0.3, 0.4) is 0 Å². The molecule has 0 spiro atoms. The Morgan fingerprint density at radius 3 is 0.889 bits per heavy atom. The number of esters is 2. The fourth-order valence-electron chi connectivity index (χ4n) is 9.84. The number of likely N-dealkylation sites (N-methyl/N-ethyl adjacent to an activating group) is 1. The maximum absolute atomic E-state index is 12.9. The van der Waals surface area contributed by atoms with Crippen molar-refractivity contribution < 1.29 is 42.1 Å². The minimum absolute atomic E-state index is 0.0363. The van der Waals surface area contributed by atoms with Gasteiger partial charge in [-0.1, -0.05) is 314 Å². The van der Waals surface area contributed by atoms with E-state index in [2.05, 4.69) is 160 Å². The van der Waals surface area contributed by atoms with Gasteiger partial charge >= 0.3 is 11.9 Å². The molecule has 0 heterocycles. The Morgan fingerprint density at radius 1 is 0.344 bits per heavy atom. The van der Waals surface area contributed by atoms with Gasteiger partial charge in [0.2, 0.25) is 0 Å². The van der Waals surface area contributed by atoms with Crippen LogP contribution >= 0.6 is 7.82 Å². The maximum Gasteiger partial charge on any atom is 0.306 e. The van der Waals surface area contributed by atoms with E-state index in [9.17, 15) is 19.0 Å². The summed E-state index contributed by atoms with van der Waals surface area (Å²) in [4.78, 5) is 38.1. The van der Waals surface area contributed by atoms with E-state index in [1.165, 1.54) is 148 Å². The maximum atomic E-state index is 12.9. The fourth-order valence-corrected chi connectivity index (χ4v) is 10.6. The third-order valence-corrected chi connectivity index (χ3v) is 16.3. The molecular weight excluding hydrogens is 1130 g/mol. The fraction of sp³-hybridized carbons (Fsp3) is 0.675. The van der Waals surface area contributed by atoms with Gasteiger partial charge in [0.25, 0.3) is 7.82 Å². The molecule has 0 aromatic heterocycles. The number of phosphoric ester groups is 1. The van der Waals surface area contributed by atoms with Crippen LogP contribution in [0, 0.1) is 0 Å². The Morgan fingerprint density at radius 2 is 0.600 bits per heavy atom. The highest BCUT2D eigenvalue weighted by Crippen LogP contribution is 2.38. The average molecular weight is 1270 g/mol. The summed E-state index contributed by atoms with van der Waals surface area (Å²) in [6, 6.07) is 0. The van der Waals surface area contributed by atoms with Crippen molar-refractivity contribution in [1.82, 2.24) is 0 Å². The molecule has 0 amide bonds. The van der Waals surface area contributed by atoms with Crippen molar-refractivity contribution in [3.8, 4) is 0 Å². The molecule has 0 N–H and O–H groups in total. The lowest BCUT2D eigenvalue weighted by atomic mass is 10.0. The Labute approximate surface area is 554 Å². The van der Waals surface area contributed by atoms with E-state index in [4.69, 9.17) is 18.5 Å². The first-order valence-electron chi connectivity index (χ1n) is 36.5. The van der Waals surface area contributed by atoms with Gasteiger partial charge in [-0.15, -0.1) is 0 Å². The predicted octanol–water partition coefficient (Wildman–Crippen LogP) is 23.5. The van der Waals surface area contributed by atoms with Crippen LogP contribution in [0.5, 0.6) is 0 Å². The number of carbonyl (C=O) groups is 2. The van der Waals surface area contributed by atoms with Gasteiger partial charge in [0, 0.05) is 12.8 Å². The first kappa shape index (κ1) is 85.9. The summed E-state index contributed by atoms with van der Waals surface area (Å²) in [5, 5.41) is 0. The number of nitrogens with zero attached hydrogens (tertiary/aromatic N) is 1. The molecule has 0 bridgehead atoms. The van der Waals surface area contributed by atoms with Crippen LogP contribution in [-0.4, -0.2) is 70.0 Å². The predicted molar refractivity (Wildman–Crippen MR) is 387 cm³/mol. The van der Waals surface area contributed by atoms with Gasteiger partial charge in [0.15, 0.2) is 6.10 Å². The van der Waals surface area contributed by atoms with Gasteiger partial charge in [0.05, 0.1) is 27.7 Å². The first-order chi connectivity index (χ1) is 44.0. The molecule has 9 nitrogen and oxygen atoms in total. The first-order valence-corrected chi connectivity index (χ1v) is 38.0. The zero-order valence-electron chi connectivity index (χ0n) is 58.5. The third-order valence-electron chi connectivity index (χ3n) is 15.4. The minimum atomic E-state index is -4.65. The molecule has 514 valence electrons. The summed E-state index contributed by atoms with van der Waals surface area (Å²) in [6.07, 6.45) is 102. The van der Waals surface area contributed by atoms with Crippen molar-refractivity contribution in [2.24, 2.45) is 0 Å². The quantitative estimate of drug-likeness (QED) is 0.0195. The van der Waals surface area contributed by atoms with E-state index in [0.717, 1.165) is 116 Å². The van der Waals surface area contributed by atoms with Crippen LogP contribution in [0.15, 0.2) is 146 Å². The van der Waals surface area contributed by atoms with Crippen LogP contribution < -0.4 is 4.89 Å². The number of hydrogen-bond donors (Lipinski definition) is 0. The monoisotopic (exact) mass is 1270 g/mol. The molecule has 0 aliphatic rings. The third kappa shape index (κ3) is 72.9. The number of hydrogen-bond acceptors (Lipinski definition) is 8. The van der Waals surface area contributed by atoms with Gasteiger partial charge in [-0.3, -0.25) is 14.2 Å². The molecule has 0 saturated heterocycles. The van der Waals surface area contributed by atoms with E-state index >= 15 is 0 Å². The number of unbranched alkanes of at least 4 members (excludes halogenated alkanes) is 28. The summed E-state index contributed by atoms with van der Waals surface area (Å²) < 4.78 is 34.4. The van der Waals surface area contributed by atoms with Crippen molar-refractivity contribution in [1.29, 1.82) is 0 Å². The van der Waals surface area contributed by atoms with Gasteiger partial charge in [-0.2, -0.15) is 0 Å². The average Bonchev–Trinajstić information content (AvgIpc) is 3.58. The molecule has 2 unspecified atom stereocenters. The molecule has 0 aromatic rings. The van der Waals surface area contributed by atoms with Crippen LogP contribution in [0.1, 0.15) is 296 Å². The molecular formula is C80H136NO8P. The van der Waals surface area contributed by atoms with Crippen LogP contribution in [0.4, 0.5) is 0 Å². The van der Waals surface area contributed by atoms with Gasteiger partial charge in [0.1, 0.15) is 19.8 Å². The Bertz CT molecular complexity index is 2030. The molecule has 0 aromatic carbocycles. The second-order valence-corrected chi connectivity index (χ2v) is 26.6. The molecule has 10 heteroatoms. The van der Waals surface area contributed by atoms with Crippen molar-refractivity contribution >= 4 is 19.8 Å². The summed E-state index contributed by atoms with van der Waals surface area (Å²) in [5.41, 5.74) is 0. The Kier molecular flexibility index (Phi) is 66.1. The summed E-state index contributed by atoms with van der Waals surface area (Å²) in [5.74, 6) is -0.834. The van der Waals surface area contributed by atoms with Crippen molar-refractivity contribution in [3.05, 3.63) is 146 Å². The van der Waals surface area contributed by atoms with Crippen molar-refractivity contribution in [2.75, 3.05) is 47.5 Å². The van der Waals surface area contributed by atoms with Crippen LogP contribution in [0.2, 0.25) is 0 Å². The zero-order chi connectivity index (χ0) is 65.5.